The molecule has 0 aliphatic rings. The highest BCUT2D eigenvalue weighted by atomic mass is 16.5. The largest absolute Gasteiger partial charge is 0.338 e. The first-order valence-electron chi connectivity index (χ1n) is 5.35. The molecule has 0 saturated carbocycles. The van der Waals surface area contributed by atoms with Crippen molar-refractivity contribution in [1.29, 1.82) is 0 Å². The molecule has 2 rings (SSSR count). The fraction of sp³-hybridized carbons (Fsp3) is 0.250. The summed E-state index contributed by atoms with van der Waals surface area (Å²) in [5.74, 6) is 0.156. The summed E-state index contributed by atoms with van der Waals surface area (Å²) in [7, 11) is 0. The van der Waals surface area contributed by atoms with E-state index >= 15 is 0 Å². The summed E-state index contributed by atoms with van der Waals surface area (Å²) in [6.07, 6.45) is 3.37. The molecule has 17 heavy (non-hydrogen) atoms. The number of anilines is 1. The van der Waals surface area contributed by atoms with Gasteiger partial charge in [0, 0.05) is 29.9 Å². The number of carbonyl (C=O) groups excluding carboxylic acids is 1. The molecule has 2 aromatic heterocycles. The van der Waals surface area contributed by atoms with E-state index in [9.17, 15) is 4.79 Å². The molecule has 0 radical (unpaired) electrons. The van der Waals surface area contributed by atoms with E-state index in [2.05, 4.69) is 15.5 Å². The second-order valence-corrected chi connectivity index (χ2v) is 3.96. The smallest absolute Gasteiger partial charge is 0.231 e. The number of carbonyl (C=O) groups is 1. The molecule has 2 aromatic rings. The summed E-state index contributed by atoms with van der Waals surface area (Å²) in [6, 6.07) is 5.37. The predicted molar refractivity (Wildman–Crippen MR) is 63.2 cm³/mol. The Balaban J connectivity index is 2.14. The molecule has 1 amide bonds. The minimum absolute atomic E-state index is 0.0954. The van der Waals surface area contributed by atoms with Gasteiger partial charge < -0.3 is 4.52 Å². The van der Waals surface area contributed by atoms with Crippen molar-refractivity contribution in [2.24, 2.45) is 5.92 Å². The number of nitrogens with one attached hydrogen (secondary N) is 1. The minimum Gasteiger partial charge on any atom is -0.338 e. The van der Waals surface area contributed by atoms with Gasteiger partial charge in [-0.05, 0) is 12.1 Å². The van der Waals surface area contributed by atoms with Gasteiger partial charge in [-0.1, -0.05) is 19.0 Å². The van der Waals surface area contributed by atoms with Gasteiger partial charge in [0.25, 0.3) is 0 Å². The van der Waals surface area contributed by atoms with Crippen molar-refractivity contribution in [1.82, 2.24) is 10.1 Å². The zero-order valence-corrected chi connectivity index (χ0v) is 9.68. The maximum absolute atomic E-state index is 11.4. The van der Waals surface area contributed by atoms with Gasteiger partial charge in [-0.2, -0.15) is 0 Å². The van der Waals surface area contributed by atoms with Crippen LogP contribution in [0.5, 0.6) is 0 Å². The van der Waals surface area contributed by atoms with Crippen molar-refractivity contribution in [3.63, 3.8) is 0 Å². The molecule has 0 saturated heterocycles. The van der Waals surface area contributed by atoms with Crippen molar-refractivity contribution in [3.05, 3.63) is 30.6 Å². The normalized spacial score (nSPS) is 10.5. The molecule has 0 aromatic carbocycles. The Hall–Kier alpha value is -2.17. The van der Waals surface area contributed by atoms with Crippen molar-refractivity contribution in [2.45, 2.75) is 13.8 Å². The lowest BCUT2D eigenvalue weighted by atomic mass is 10.2. The van der Waals surface area contributed by atoms with Gasteiger partial charge in [-0.15, -0.1) is 0 Å². The number of pyridine rings is 1. The molecular formula is C12H13N3O2. The third-order valence-electron chi connectivity index (χ3n) is 2.24. The Bertz CT molecular complexity index is 505. The summed E-state index contributed by atoms with van der Waals surface area (Å²) in [6.45, 7) is 3.63. The fourth-order valence-corrected chi connectivity index (χ4v) is 1.25. The molecule has 0 fully saturated rings. The van der Waals surface area contributed by atoms with Crippen molar-refractivity contribution < 1.29 is 9.32 Å². The second kappa shape index (κ2) is 4.78. The van der Waals surface area contributed by atoms with Crippen LogP contribution in [0.4, 0.5) is 5.88 Å². The maximum atomic E-state index is 11.4. The maximum Gasteiger partial charge on any atom is 0.231 e. The third-order valence-corrected chi connectivity index (χ3v) is 2.24. The molecule has 5 heteroatoms. The molecule has 0 atom stereocenters. The Morgan fingerprint density at radius 2 is 2.29 bits per heavy atom. The number of nitrogens with zero attached hydrogens (tertiary/aromatic N) is 2. The molecule has 1 N–H and O–H groups in total. The number of hydrogen-bond donors (Lipinski definition) is 1. The Kier molecular flexibility index (Phi) is 3.18. The highest BCUT2D eigenvalue weighted by Gasteiger charge is 2.11. The lowest BCUT2D eigenvalue weighted by Gasteiger charge is -2.02. The minimum atomic E-state index is -0.0983. The van der Waals surface area contributed by atoms with Gasteiger partial charge in [0.2, 0.25) is 11.8 Å². The predicted octanol–water partition coefficient (Wildman–Crippen LogP) is 2.33. The first-order chi connectivity index (χ1) is 8.16. The van der Waals surface area contributed by atoms with Gasteiger partial charge in [-0.25, -0.2) is 0 Å². The van der Waals surface area contributed by atoms with Gasteiger partial charge in [0.15, 0.2) is 0 Å². The molecule has 0 bridgehead atoms. The van der Waals surface area contributed by atoms with Crippen LogP contribution >= 0.6 is 0 Å². The molecule has 0 spiro atoms. The topological polar surface area (TPSA) is 68.0 Å². The Labute approximate surface area is 98.8 Å². The molecule has 0 aliphatic heterocycles. The molecule has 0 unspecified atom stereocenters. The van der Waals surface area contributed by atoms with Crippen LogP contribution in [0.25, 0.3) is 11.3 Å². The number of amides is 1. The SMILES string of the molecule is CC(C)C(=O)Nc1cc(-c2cccnc2)no1. The van der Waals surface area contributed by atoms with E-state index in [0.717, 1.165) is 5.56 Å². The Morgan fingerprint density at radius 1 is 1.47 bits per heavy atom. The quantitative estimate of drug-likeness (QED) is 0.880. The van der Waals surface area contributed by atoms with E-state index in [1.54, 1.807) is 18.5 Å². The monoisotopic (exact) mass is 231 g/mol. The number of rotatable bonds is 3. The molecule has 5 nitrogen and oxygen atoms in total. The zero-order chi connectivity index (χ0) is 12.3. The highest BCUT2D eigenvalue weighted by Crippen LogP contribution is 2.20. The first kappa shape index (κ1) is 11.3. The van der Waals surface area contributed by atoms with Crippen LogP contribution in [0.3, 0.4) is 0 Å². The van der Waals surface area contributed by atoms with Crippen LogP contribution in [0, 0.1) is 5.92 Å². The number of aromatic nitrogens is 2. The van der Waals surface area contributed by atoms with Gasteiger partial charge in [0.05, 0.1) is 0 Å². The van der Waals surface area contributed by atoms with Crippen molar-refractivity contribution >= 4 is 11.8 Å². The van der Waals surface area contributed by atoms with Crippen LogP contribution in [0.2, 0.25) is 0 Å². The summed E-state index contributed by atoms with van der Waals surface area (Å²) < 4.78 is 5.03. The standard InChI is InChI=1S/C12H13N3O2/c1-8(2)12(16)14-11-6-10(15-17-11)9-4-3-5-13-7-9/h3-8H,1-2H3,(H,14,16). The summed E-state index contributed by atoms with van der Waals surface area (Å²) >= 11 is 0. The van der Waals surface area contributed by atoms with Gasteiger partial charge in [-0.3, -0.25) is 15.1 Å². The van der Waals surface area contributed by atoms with Crippen molar-refractivity contribution in [2.75, 3.05) is 5.32 Å². The average molecular weight is 231 g/mol. The first-order valence-corrected chi connectivity index (χ1v) is 5.35. The summed E-state index contributed by atoms with van der Waals surface area (Å²) in [4.78, 5) is 15.4. The van der Waals surface area contributed by atoms with E-state index in [0.29, 0.717) is 11.6 Å². The van der Waals surface area contributed by atoms with Crippen LogP contribution in [-0.2, 0) is 4.79 Å². The van der Waals surface area contributed by atoms with E-state index in [4.69, 9.17) is 4.52 Å². The van der Waals surface area contributed by atoms with Crippen molar-refractivity contribution in [3.8, 4) is 11.3 Å². The van der Waals surface area contributed by atoms with E-state index in [1.807, 2.05) is 26.0 Å². The molecule has 88 valence electrons. The molecular weight excluding hydrogens is 218 g/mol. The highest BCUT2D eigenvalue weighted by molar-refractivity contribution is 5.91. The van der Waals surface area contributed by atoms with Crippen LogP contribution in [0.1, 0.15) is 13.8 Å². The van der Waals surface area contributed by atoms with Crippen LogP contribution in [0.15, 0.2) is 35.1 Å². The third kappa shape index (κ3) is 2.69. The number of hydrogen-bond acceptors (Lipinski definition) is 4. The van der Waals surface area contributed by atoms with E-state index in [-0.39, 0.29) is 11.8 Å². The fourth-order valence-electron chi connectivity index (χ4n) is 1.25. The van der Waals surface area contributed by atoms with Gasteiger partial charge >= 0.3 is 0 Å². The van der Waals surface area contributed by atoms with E-state index < -0.39 is 0 Å². The lowest BCUT2D eigenvalue weighted by molar-refractivity contribution is -0.119. The van der Waals surface area contributed by atoms with E-state index in [1.165, 1.54) is 0 Å². The van der Waals surface area contributed by atoms with Crippen LogP contribution < -0.4 is 5.32 Å². The summed E-state index contributed by atoms with van der Waals surface area (Å²) in [5.41, 5.74) is 1.50. The average Bonchev–Trinajstić information content (AvgIpc) is 2.78. The molecule has 0 aliphatic carbocycles. The van der Waals surface area contributed by atoms with Crippen LogP contribution in [-0.4, -0.2) is 16.0 Å². The molecule has 2 heterocycles. The zero-order valence-electron chi connectivity index (χ0n) is 9.68. The lowest BCUT2D eigenvalue weighted by Crippen LogP contribution is -2.17. The second-order valence-electron chi connectivity index (χ2n) is 3.96. The Morgan fingerprint density at radius 3 is 2.94 bits per heavy atom. The van der Waals surface area contributed by atoms with Gasteiger partial charge in [0.1, 0.15) is 5.69 Å². The summed E-state index contributed by atoms with van der Waals surface area (Å²) in [5, 5.41) is 6.51.